The summed E-state index contributed by atoms with van der Waals surface area (Å²) in [5.74, 6) is 0.330. The van der Waals surface area contributed by atoms with E-state index in [2.05, 4.69) is 19.2 Å². The minimum Gasteiger partial charge on any atom is -0.343 e. The Morgan fingerprint density at radius 1 is 1.31 bits per heavy atom. The maximum atomic E-state index is 11.8. The van der Waals surface area contributed by atoms with E-state index < -0.39 is 0 Å². The highest BCUT2D eigenvalue weighted by Crippen LogP contribution is 2.09. The van der Waals surface area contributed by atoms with E-state index in [1.165, 1.54) is 32.1 Å². The van der Waals surface area contributed by atoms with Crippen LogP contribution in [0.5, 0.6) is 0 Å². The Bertz CT molecular complexity index is 200. The van der Waals surface area contributed by atoms with Crippen LogP contribution in [0.15, 0.2) is 0 Å². The van der Waals surface area contributed by atoms with Gasteiger partial charge in [-0.25, -0.2) is 0 Å². The first-order valence-electron chi connectivity index (χ1n) is 6.75. The van der Waals surface area contributed by atoms with Crippen LogP contribution in [0, 0.1) is 0 Å². The van der Waals surface area contributed by atoms with Crippen molar-refractivity contribution in [2.45, 2.75) is 58.4 Å². The molecule has 1 heterocycles. The molecule has 1 aliphatic heterocycles. The number of carbonyl (C=O) groups is 1. The highest BCUT2D eigenvalue weighted by molar-refractivity contribution is 5.76. The second-order valence-electron chi connectivity index (χ2n) is 4.84. The van der Waals surface area contributed by atoms with E-state index in [9.17, 15) is 4.79 Å². The molecule has 1 aliphatic rings. The molecule has 1 rings (SSSR count). The van der Waals surface area contributed by atoms with E-state index in [1.807, 2.05) is 4.90 Å². The highest BCUT2D eigenvalue weighted by Gasteiger charge is 2.15. The van der Waals surface area contributed by atoms with Crippen LogP contribution in [0.2, 0.25) is 0 Å². The van der Waals surface area contributed by atoms with Gasteiger partial charge < -0.3 is 10.2 Å². The molecule has 1 saturated heterocycles. The Hall–Kier alpha value is -0.570. The van der Waals surface area contributed by atoms with Crippen molar-refractivity contribution in [2.24, 2.45) is 0 Å². The maximum absolute atomic E-state index is 11.8. The van der Waals surface area contributed by atoms with Gasteiger partial charge in [0.05, 0.1) is 0 Å². The van der Waals surface area contributed by atoms with Crippen LogP contribution in [-0.4, -0.2) is 36.5 Å². The maximum Gasteiger partial charge on any atom is 0.223 e. The van der Waals surface area contributed by atoms with Crippen LogP contribution in [0.1, 0.15) is 52.4 Å². The number of hydrogen-bond acceptors (Lipinski definition) is 2. The number of likely N-dealkylation sites (tertiary alicyclic amines) is 1. The third-order valence-electron chi connectivity index (χ3n) is 3.26. The van der Waals surface area contributed by atoms with Crippen molar-refractivity contribution in [3.63, 3.8) is 0 Å². The predicted octanol–water partition coefficient (Wildman–Crippen LogP) is 2.17. The van der Waals surface area contributed by atoms with Crippen LogP contribution in [0.25, 0.3) is 0 Å². The summed E-state index contributed by atoms with van der Waals surface area (Å²) in [6.45, 7) is 7.16. The number of hydrogen-bond donors (Lipinski definition) is 1. The average Bonchev–Trinajstić information content (AvgIpc) is 2.30. The summed E-state index contributed by atoms with van der Waals surface area (Å²) >= 11 is 0. The van der Waals surface area contributed by atoms with E-state index >= 15 is 0 Å². The van der Waals surface area contributed by atoms with Gasteiger partial charge in [-0.05, 0) is 32.6 Å². The first kappa shape index (κ1) is 13.5. The molecule has 3 nitrogen and oxygen atoms in total. The molecule has 3 heteroatoms. The van der Waals surface area contributed by atoms with Crippen molar-refractivity contribution in [1.82, 2.24) is 10.2 Å². The van der Waals surface area contributed by atoms with Gasteiger partial charge in [0, 0.05) is 32.1 Å². The van der Waals surface area contributed by atoms with Crippen LogP contribution in [-0.2, 0) is 4.79 Å². The molecular weight excluding hydrogens is 200 g/mol. The number of carbonyl (C=O) groups excluding carboxylic acids is 1. The molecule has 0 radical (unpaired) electrons. The van der Waals surface area contributed by atoms with Crippen LogP contribution in [0.3, 0.4) is 0 Å². The van der Waals surface area contributed by atoms with Crippen molar-refractivity contribution in [2.75, 3.05) is 19.6 Å². The molecule has 1 atom stereocenters. The second-order valence-corrected chi connectivity index (χ2v) is 4.84. The van der Waals surface area contributed by atoms with Gasteiger partial charge >= 0.3 is 0 Å². The molecule has 94 valence electrons. The summed E-state index contributed by atoms with van der Waals surface area (Å²) in [5.41, 5.74) is 0. The third-order valence-corrected chi connectivity index (χ3v) is 3.26. The molecule has 0 spiro atoms. The van der Waals surface area contributed by atoms with Gasteiger partial charge in [-0.2, -0.15) is 0 Å². The lowest BCUT2D eigenvalue weighted by Gasteiger charge is -2.27. The molecule has 0 aliphatic carbocycles. The average molecular weight is 226 g/mol. The van der Waals surface area contributed by atoms with E-state index in [0.29, 0.717) is 18.4 Å². The van der Waals surface area contributed by atoms with Gasteiger partial charge in [0.2, 0.25) is 5.91 Å². The van der Waals surface area contributed by atoms with Crippen LogP contribution < -0.4 is 5.32 Å². The quantitative estimate of drug-likeness (QED) is 0.753. The molecule has 0 aromatic heterocycles. The Balaban J connectivity index is 2.09. The first-order chi connectivity index (χ1) is 7.74. The Morgan fingerprint density at radius 2 is 2.00 bits per heavy atom. The zero-order valence-electron chi connectivity index (χ0n) is 10.8. The number of rotatable bonds is 6. The molecule has 0 aromatic rings. The van der Waals surface area contributed by atoms with Gasteiger partial charge in [-0.15, -0.1) is 0 Å². The minimum atomic E-state index is 0.330. The zero-order chi connectivity index (χ0) is 11.8. The van der Waals surface area contributed by atoms with Gasteiger partial charge in [0.25, 0.3) is 0 Å². The van der Waals surface area contributed by atoms with E-state index in [-0.39, 0.29) is 0 Å². The lowest BCUT2D eigenvalue weighted by molar-refractivity contribution is -0.131. The van der Waals surface area contributed by atoms with Gasteiger partial charge in [0.15, 0.2) is 0 Å². The van der Waals surface area contributed by atoms with Crippen molar-refractivity contribution < 1.29 is 4.79 Å². The number of piperidine rings is 1. The van der Waals surface area contributed by atoms with E-state index in [0.717, 1.165) is 19.6 Å². The normalized spacial score (nSPS) is 18.5. The number of amides is 1. The van der Waals surface area contributed by atoms with E-state index in [1.54, 1.807) is 0 Å². The van der Waals surface area contributed by atoms with Crippen molar-refractivity contribution in [1.29, 1.82) is 0 Å². The summed E-state index contributed by atoms with van der Waals surface area (Å²) in [5, 5.41) is 3.41. The van der Waals surface area contributed by atoms with Crippen LogP contribution in [0.4, 0.5) is 0 Å². The van der Waals surface area contributed by atoms with Gasteiger partial charge in [0.1, 0.15) is 0 Å². The summed E-state index contributed by atoms with van der Waals surface area (Å²) in [6, 6.07) is 0.541. The molecule has 0 aromatic carbocycles. The fraction of sp³-hybridized carbons (Fsp3) is 0.923. The lowest BCUT2D eigenvalue weighted by atomic mass is 10.1. The highest BCUT2D eigenvalue weighted by atomic mass is 16.2. The monoisotopic (exact) mass is 226 g/mol. The molecule has 16 heavy (non-hydrogen) atoms. The zero-order valence-corrected chi connectivity index (χ0v) is 10.8. The minimum absolute atomic E-state index is 0.330. The topological polar surface area (TPSA) is 32.3 Å². The predicted molar refractivity (Wildman–Crippen MR) is 67.4 cm³/mol. The third kappa shape index (κ3) is 4.97. The Morgan fingerprint density at radius 3 is 2.62 bits per heavy atom. The second kappa shape index (κ2) is 7.66. The Kier molecular flexibility index (Phi) is 6.46. The fourth-order valence-electron chi connectivity index (χ4n) is 2.26. The summed E-state index contributed by atoms with van der Waals surface area (Å²) in [4.78, 5) is 13.8. The summed E-state index contributed by atoms with van der Waals surface area (Å²) < 4.78 is 0. The summed E-state index contributed by atoms with van der Waals surface area (Å²) in [7, 11) is 0. The summed E-state index contributed by atoms with van der Waals surface area (Å²) in [6.07, 6.45) is 6.71. The molecule has 0 bridgehead atoms. The molecular formula is C13H26N2O. The lowest BCUT2D eigenvalue weighted by Crippen LogP contribution is -2.38. The van der Waals surface area contributed by atoms with Gasteiger partial charge in [-0.3, -0.25) is 4.79 Å². The molecule has 0 saturated carbocycles. The Labute approximate surface area is 99.6 Å². The van der Waals surface area contributed by atoms with Crippen molar-refractivity contribution in [3.8, 4) is 0 Å². The van der Waals surface area contributed by atoms with Crippen molar-refractivity contribution >= 4 is 5.91 Å². The molecule has 1 N–H and O–H groups in total. The number of nitrogens with one attached hydrogen (secondary N) is 1. The SMILES string of the molecule is CCCC(C)NCCC(=O)N1CCCCC1. The molecule has 1 unspecified atom stereocenters. The first-order valence-corrected chi connectivity index (χ1v) is 6.75. The largest absolute Gasteiger partial charge is 0.343 e. The van der Waals surface area contributed by atoms with Crippen LogP contribution >= 0.6 is 0 Å². The number of nitrogens with zero attached hydrogens (tertiary/aromatic N) is 1. The standard InChI is InChI=1S/C13H26N2O/c1-3-7-12(2)14-9-8-13(16)15-10-5-4-6-11-15/h12,14H,3-11H2,1-2H3. The molecule has 1 amide bonds. The fourth-order valence-corrected chi connectivity index (χ4v) is 2.26. The van der Waals surface area contributed by atoms with Gasteiger partial charge in [-0.1, -0.05) is 13.3 Å². The molecule has 1 fully saturated rings. The van der Waals surface area contributed by atoms with Crippen molar-refractivity contribution in [3.05, 3.63) is 0 Å². The van der Waals surface area contributed by atoms with E-state index in [4.69, 9.17) is 0 Å². The smallest absolute Gasteiger partial charge is 0.223 e.